The maximum Gasteiger partial charge on any atom is 0.193 e. The summed E-state index contributed by atoms with van der Waals surface area (Å²) < 4.78 is 0. The van der Waals surface area contributed by atoms with E-state index in [1.807, 2.05) is 0 Å². The van der Waals surface area contributed by atoms with Crippen LogP contribution in [0.4, 0.5) is 5.69 Å². The molecule has 22 heavy (non-hydrogen) atoms. The zero-order valence-corrected chi connectivity index (χ0v) is 15.6. The van der Waals surface area contributed by atoms with Gasteiger partial charge in [-0.3, -0.25) is 4.99 Å². The lowest BCUT2D eigenvalue weighted by Crippen LogP contribution is -2.25. The number of rotatable bonds is 5. The predicted octanol–water partition coefficient (Wildman–Crippen LogP) is 3.08. The first kappa shape index (κ1) is 17.5. The molecule has 2 aliphatic rings. The van der Waals surface area contributed by atoms with Crippen molar-refractivity contribution in [3.63, 3.8) is 0 Å². The third-order valence-electron chi connectivity index (χ3n) is 4.53. The average molecular weight is 414 g/mol. The molecule has 1 saturated carbocycles. The Morgan fingerprint density at radius 2 is 2.00 bits per heavy atom. The summed E-state index contributed by atoms with van der Waals surface area (Å²) in [6.45, 7) is 5.45. The molecule has 0 spiro atoms. The smallest absolute Gasteiger partial charge is 0.193 e. The van der Waals surface area contributed by atoms with Crippen LogP contribution < -0.4 is 11.1 Å². The minimum absolute atomic E-state index is 0. The highest BCUT2D eigenvalue weighted by Crippen LogP contribution is 2.31. The molecule has 122 valence electrons. The van der Waals surface area contributed by atoms with Crippen molar-refractivity contribution in [2.45, 2.75) is 38.6 Å². The number of aryl methyl sites for hydroxylation is 1. The Labute approximate surface area is 150 Å². The van der Waals surface area contributed by atoms with Crippen molar-refractivity contribution < 1.29 is 0 Å². The molecule has 5 heteroatoms. The lowest BCUT2D eigenvalue weighted by molar-refractivity contribution is 0.315. The van der Waals surface area contributed by atoms with Crippen LogP contribution in [0.1, 0.15) is 31.7 Å². The van der Waals surface area contributed by atoms with Crippen LogP contribution in [0.15, 0.2) is 29.3 Å². The normalized spacial score (nSPS) is 22.4. The molecule has 1 aliphatic heterocycles. The van der Waals surface area contributed by atoms with E-state index in [1.165, 1.54) is 37.9 Å². The summed E-state index contributed by atoms with van der Waals surface area (Å²) in [5.41, 5.74) is 8.34. The standard InChI is InChI=1S/C17H26N4.HI/c1-2-13-3-5-15(6-4-13)20-17(18)19-11-14-9-10-21(12-14)16-7-8-16;/h3-6,14,16H,2,7-12H2,1H3,(H3,18,19,20);1H. The molecule has 0 radical (unpaired) electrons. The fourth-order valence-electron chi connectivity index (χ4n) is 3.02. The first-order chi connectivity index (χ1) is 10.2. The van der Waals surface area contributed by atoms with Gasteiger partial charge in [-0.05, 0) is 55.8 Å². The second-order valence-electron chi connectivity index (χ2n) is 6.28. The van der Waals surface area contributed by atoms with Crippen LogP contribution in [-0.2, 0) is 6.42 Å². The minimum atomic E-state index is 0. The third-order valence-corrected chi connectivity index (χ3v) is 4.53. The topological polar surface area (TPSA) is 53.6 Å². The van der Waals surface area contributed by atoms with Gasteiger partial charge in [0, 0.05) is 24.8 Å². The number of nitrogens with two attached hydrogens (primary N) is 1. The van der Waals surface area contributed by atoms with Gasteiger partial charge in [-0.2, -0.15) is 0 Å². The molecule has 0 aromatic heterocycles. The summed E-state index contributed by atoms with van der Waals surface area (Å²) in [4.78, 5) is 7.13. The zero-order valence-electron chi connectivity index (χ0n) is 13.3. The fourth-order valence-corrected chi connectivity index (χ4v) is 3.02. The Hall–Kier alpha value is -0.820. The third kappa shape index (κ3) is 4.84. The van der Waals surface area contributed by atoms with E-state index in [-0.39, 0.29) is 24.0 Å². The molecular weight excluding hydrogens is 387 g/mol. The number of guanidine groups is 1. The molecule has 1 aromatic rings. The van der Waals surface area contributed by atoms with Gasteiger partial charge in [-0.25, -0.2) is 0 Å². The summed E-state index contributed by atoms with van der Waals surface area (Å²) in [6, 6.07) is 9.25. The Bertz CT molecular complexity index is 496. The molecule has 0 amide bonds. The number of benzene rings is 1. The largest absolute Gasteiger partial charge is 0.370 e. The quantitative estimate of drug-likeness (QED) is 0.443. The predicted molar refractivity (Wildman–Crippen MR) is 104 cm³/mol. The molecule has 1 aliphatic carbocycles. The lowest BCUT2D eigenvalue weighted by Gasteiger charge is -2.13. The second-order valence-corrected chi connectivity index (χ2v) is 6.28. The number of aliphatic imine (C=N–C) groups is 1. The molecule has 1 unspecified atom stereocenters. The van der Waals surface area contributed by atoms with Gasteiger partial charge in [0.25, 0.3) is 0 Å². The van der Waals surface area contributed by atoms with Crippen LogP contribution in [0.3, 0.4) is 0 Å². The van der Waals surface area contributed by atoms with E-state index < -0.39 is 0 Å². The summed E-state index contributed by atoms with van der Waals surface area (Å²) in [7, 11) is 0. The van der Waals surface area contributed by atoms with Crippen molar-refractivity contribution in [2.24, 2.45) is 16.6 Å². The van der Waals surface area contributed by atoms with Crippen LogP contribution in [0, 0.1) is 5.92 Å². The van der Waals surface area contributed by atoms with Crippen molar-refractivity contribution in [1.82, 2.24) is 4.90 Å². The van der Waals surface area contributed by atoms with Crippen molar-refractivity contribution in [3.05, 3.63) is 29.8 Å². The van der Waals surface area contributed by atoms with E-state index in [4.69, 9.17) is 5.73 Å². The van der Waals surface area contributed by atoms with Crippen LogP contribution in [0.25, 0.3) is 0 Å². The van der Waals surface area contributed by atoms with Gasteiger partial charge in [0.05, 0.1) is 0 Å². The summed E-state index contributed by atoms with van der Waals surface area (Å²) in [5.74, 6) is 1.21. The number of nitrogens with zero attached hydrogens (tertiary/aromatic N) is 2. The summed E-state index contributed by atoms with van der Waals surface area (Å²) >= 11 is 0. The van der Waals surface area contributed by atoms with E-state index in [9.17, 15) is 0 Å². The fraction of sp³-hybridized carbons (Fsp3) is 0.588. The number of nitrogens with one attached hydrogen (secondary N) is 1. The number of anilines is 1. The Balaban J connectivity index is 0.00000176. The van der Waals surface area contributed by atoms with Crippen LogP contribution in [-0.4, -0.2) is 36.5 Å². The first-order valence-corrected chi connectivity index (χ1v) is 8.14. The van der Waals surface area contributed by atoms with Gasteiger partial charge >= 0.3 is 0 Å². The highest BCUT2D eigenvalue weighted by molar-refractivity contribution is 14.0. The van der Waals surface area contributed by atoms with Gasteiger partial charge in [0.2, 0.25) is 0 Å². The van der Waals surface area contributed by atoms with E-state index in [0.717, 1.165) is 24.7 Å². The minimum Gasteiger partial charge on any atom is -0.370 e. The van der Waals surface area contributed by atoms with Gasteiger partial charge < -0.3 is 16.0 Å². The maximum atomic E-state index is 5.99. The average Bonchev–Trinajstić information content (AvgIpc) is 3.25. The number of hydrogen-bond acceptors (Lipinski definition) is 2. The van der Waals surface area contributed by atoms with Crippen LogP contribution >= 0.6 is 24.0 Å². The number of halogens is 1. The Kier molecular flexibility index (Phi) is 6.50. The molecule has 1 heterocycles. The van der Waals surface area contributed by atoms with Crippen LogP contribution in [0.2, 0.25) is 0 Å². The molecule has 2 fully saturated rings. The molecule has 1 aromatic carbocycles. The van der Waals surface area contributed by atoms with Gasteiger partial charge in [-0.1, -0.05) is 19.1 Å². The SMILES string of the molecule is CCc1ccc(NC(N)=NCC2CCN(C3CC3)C2)cc1.I. The zero-order chi connectivity index (χ0) is 14.7. The van der Waals surface area contributed by atoms with Gasteiger partial charge in [0.1, 0.15) is 0 Å². The molecule has 0 bridgehead atoms. The Morgan fingerprint density at radius 3 is 2.64 bits per heavy atom. The van der Waals surface area contributed by atoms with E-state index in [0.29, 0.717) is 11.9 Å². The molecule has 3 N–H and O–H groups in total. The van der Waals surface area contributed by atoms with Crippen LogP contribution in [0.5, 0.6) is 0 Å². The number of likely N-dealkylation sites (tertiary alicyclic amines) is 1. The van der Waals surface area contributed by atoms with E-state index in [2.05, 4.69) is 46.4 Å². The molecule has 4 nitrogen and oxygen atoms in total. The van der Waals surface area contributed by atoms with Gasteiger partial charge in [0.15, 0.2) is 5.96 Å². The molecule has 1 atom stereocenters. The lowest BCUT2D eigenvalue weighted by atomic mass is 10.1. The monoisotopic (exact) mass is 414 g/mol. The molecule has 1 saturated heterocycles. The van der Waals surface area contributed by atoms with Crippen molar-refractivity contribution in [1.29, 1.82) is 0 Å². The highest BCUT2D eigenvalue weighted by Gasteiger charge is 2.34. The Morgan fingerprint density at radius 1 is 1.27 bits per heavy atom. The maximum absolute atomic E-state index is 5.99. The van der Waals surface area contributed by atoms with Crippen molar-refractivity contribution in [2.75, 3.05) is 25.0 Å². The molecular formula is C17H27IN4. The molecule has 3 rings (SSSR count). The van der Waals surface area contributed by atoms with Crippen molar-refractivity contribution in [3.8, 4) is 0 Å². The first-order valence-electron chi connectivity index (χ1n) is 8.14. The summed E-state index contributed by atoms with van der Waals surface area (Å²) in [5, 5.41) is 3.18. The van der Waals surface area contributed by atoms with Crippen molar-refractivity contribution >= 4 is 35.6 Å². The second kappa shape index (κ2) is 8.15. The number of hydrogen-bond donors (Lipinski definition) is 2. The highest BCUT2D eigenvalue weighted by atomic mass is 127. The van der Waals surface area contributed by atoms with E-state index >= 15 is 0 Å². The summed E-state index contributed by atoms with van der Waals surface area (Å²) in [6.07, 6.45) is 5.11. The van der Waals surface area contributed by atoms with Gasteiger partial charge in [-0.15, -0.1) is 24.0 Å². The van der Waals surface area contributed by atoms with E-state index in [1.54, 1.807) is 0 Å².